The van der Waals surface area contributed by atoms with E-state index in [9.17, 15) is 13.2 Å². The highest BCUT2D eigenvalue weighted by atomic mass is 19.4. The molecule has 1 aromatic carbocycles. The standard InChI is InChI=1S/C26H34F3NO/c27-26(28,29)31-25-17-11-21(12-18-25)5-2-1-4-20-7-13-23(14-8-20)24-15-9-22(10-16-24)6-3-19-30/h3,6,11-12,17-18,20,22-24H,1-2,4-5,7-10,13-16H2/t20-,22-,23-,24-. The number of ether oxygens (including phenoxy) is 1. The second kappa shape index (κ2) is 11.6. The van der Waals surface area contributed by atoms with Crippen molar-refractivity contribution in [2.24, 2.45) is 23.7 Å². The average molecular weight is 434 g/mol. The van der Waals surface area contributed by atoms with E-state index in [2.05, 4.69) is 16.9 Å². The van der Waals surface area contributed by atoms with Crippen molar-refractivity contribution < 1.29 is 17.9 Å². The van der Waals surface area contributed by atoms with Gasteiger partial charge in [-0.05, 0) is 92.7 Å². The number of aryl methyl sites for hydroxylation is 1. The summed E-state index contributed by atoms with van der Waals surface area (Å²) in [4.78, 5) is 0. The quantitative estimate of drug-likeness (QED) is 0.307. The van der Waals surface area contributed by atoms with Crippen LogP contribution in [-0.4, -0.2) is 6.36 Å². The van der Waals surface area contributed by atoms with Crippen LogP contribution in [0.15, 0.2) is 36.4 Å². The van der Waals surface area contributed by atoms with E-state index in [4.69, 9.17) is 5.26 Å². The lowest BCUT2D eigenvalue weighted by atomic mass is 9.68. The molecule has 0 spiro atoms. The molecule has 0 aromatic heterocycles. The van der Waals surface area contributed by atoms with Crippen molar-refractivity contribution in [2.45, 2.75) is 83.4 Å². The predicted octanol–water partition coefficient (Wildman–Crippen LogP) is 7.99. The van der Waals surface area contributed by atoms with Crippen molar-refractivity contribution in [1.29, 1.82) is 5.26 Å². The molecule has 0 saturated heterocycles. The van der Waals surface area contributed by atoms with Gasteiger partial charge in [-0.25, -0.2) is 0 Å². The minimum atomic E-state index is -4.63. The molecule has 2 saturated carbocycles. The van der Waals surface area contributed by atoms with Gasteiger partial charge in [0, 0.05) is 6.08 Å². The molecule has 170 valence electrons. The third kappa shape index (κ3) is 8.24. The number of benzene rings is 1. The number of allylic oxidation sites excluding steroid dienone is 2. The fourth-order valence-electron chi connectivity index (χ4n) is 5.56. The Hall–Kier alpha value is -1.96. The van der Waals surface area contributed by atoms with Gasteiger partial charge in [-0.2, -0.15) is 5.26 Å². The maximum Gasteiger partial charge on any atom is 0.573 e. The molecular formula is C26H34F3NO. The highest BCUT2D eigenvalue weighted by Gasteiger charge is 2.31. The smallest absolute Gasteiger partial charge is 0.406 e. The second-order valence-electron chi connectivity index (χ2n) is 9.38. The lowest BCUT2D eigenvalue weighted by Crippen LogP contribution is -2.25. The molecule has 0 heterocycles. The van der Waals surface area contributed by atoms with E-state index < -0.39 is 6.36 Å². The normalized spacial score (nSPS) is 27.2. The number of rotatable bonds is 8. The Morgan fingerprint density at radius 1 is 0.903 bits per heavy atom. The summed E-state index contributed by atoms with van der Waals surface area (Å²) in [6, 6.07) is 8.38. The molecule has 0 radical (unpaired) electrons. The van der Waals surface area contributed by atoms with Gasteiger partial charge in [0.15, 0.2) is 0 Å². The van der Waals surface area contributed by atoms with Crippen LogP contribution in [0.4, 0.5) is 13.2 Å². The lowest BCUT2D eigenvalue weighted by Gasteiger charge is -2.37. The van der Waals surface area contributed by atoms with E-state index in [1.54, 1.807) is 18.2 Å². The van der Waals surface area contributed by atoms with Gasteiger partial charge in [-0.1, -0.05) is 43.9 Å². The molecule has 0 aliphatic heterocycles. The number of hydrogen-bond donors (Lipinski definition) is 0. The van der Waals surface area contributed by atoms with Crippen LogP contribution < -0.4 is 4.74 Å². The van der Waals surface area contributed by atoms with Gasteiger partial charge in [0.2, 0.25) is 0 Å². The number of unbranched alkanes of at least 4 members (excludes halogenated alkanes) is 1. The van der Waals surface area contributed by atoms with E-state index >= 15 is 0 Å². The SMILES string of the molecule is N#CC=C[C@H]1CC[C@H]([C@H]2CC[C@H](CCCCc3ccc(OC(F)(F)F)cc3)CC2)CC1. The van der Waals surface area contributed by atoms with Gasteiger partial charge in [-0.15, -0.1) is 13.2 Å². The molecule has 1 aromatic rings. The molecule has 2 aliphatic carbocycles. The highest BCUT2D eigenvalue weighted by molar-refractivity contribution is 5.27. The molecule has 2 nitrogen and oxygen atoms in total. The zero-order valence-corrected chi connectivity index (χ0v) is 18.2. The molecular weight excluding hydrogens is 399 g/mol. The van der Waals surface area contributed by atoms with Crippen LogP contribution in [0.1, 0.15) is 76.2 Å². The zero-order chi connectivity index (χ0) is 22.1. The summed E-state index contributed by atoms with van der Waals surface area (Å²) in [6.45, 7) is 0. The Morgan fingerprint density at radius 2 is 1.52 bits per heavy atom. The van der Waals surface area contributed by atoms with Crippen molar-refractivity contribution >= 4 is 0 Å². The Balaban J connectivity index is 1.28. The van der Waals surface area contributed by atoms with Crippen molar-refractivity contribution in [1.82, 2.24) is 0 Å². The van der Waals surface area contributed by atoms with Crippen LogP contribution >= 0.6 is 0 Å². The van der Waals surface area contributed by atoms with E-state index in [0.717, 1.165) is 36.2 Å². The summed E-state index contributed by atoms with van der Waals surface area (Å²) >= 11 is 0. The third-order valence-electron chi connectivity index (χ3n) is 7.30. The molecule has 0 unspecified atom stereocenters. The topological polar surface area (TPSA) is 33.0 Å². The Labute approximate surface area is 184 Å². The molecule has 2 fully saturated rings. The summed E-state index contributed by atoms with van der Waals surface area (Å²) in [6.07, 6.45) is 14.1. The van der Waals surface area contributed by atoms with Gasteiger partial charge >= 0.3 is 6.36 Å². The van der Waals surface area contributed by atoms with Crippen molar-refractivity contribution in [3.05, 3.63) is 42.0 Å². The first-order valence-electron chi connectivity index (χ1n) is 11.8. The third-order valence-corrected chi connectivity index (χ3v) is 7.30. The molecule has 0 N–H and O–H groups in total. The number of halogens is 3. The molecule has 3 rings (SSSR count). The van der Waals surface area contributed by atoms with Crippen molar-refractivity contribution in [3.63, 3.8) is 0 Å². The summed E-state index contributed by atoms with van der Waals surface area (Å²) in [7, 11) is 0. The number of alkyl halides is 3. The largest absolute Gasteiger partial charge is 0.573 e. The first-order chi connectivity index (χ1) is 14.9. The van der Waals surface area contributed by atoms with Gasteiger partial charge in [0.05, 0.1) is 6.07 Å². The van der Waals surface area contributed by atoms with Crippen molar-refractivity contribution in [2.75, 3.05) is 0 Å². The first kappa shape index (κ1) is 23.7. The van der Waals surface area contributed by atoms with E-state index in [0.29, 0.717) is 5.92 Å². The van der Waals surface area contributed by atoms with Gasteiger partial charge in [0.1, 0.15) is 5.75 Å². The summed E-state index contributed by atoms with van der Waals surface area (Å²) in [5, 5.41) is 8.68. The minimum Gasteiger partial charge on any atom is -0.406 e. The molecule has 0 atom stereocenters. The predicted molar refractivity (Wildman–Crippen MR) is 116 cm³/mol. The minimum absolute atomic E-state index is 0.153. The van der Waals surface area contributed by atoms with Crippen LogP contribution in [0.5, 0.6) is 5.75 Å². The lowest BCUT2D eigenvalue weighted by molar-refractivity contribution is -0.274. The fraction of sp³-hybridized carbons (Fsp3) is 0.654. The summed E-state index contributed by atoms with van der Waals surface area (Å²) in [5.74, 6) is 3.08. The Bertz CT molecular complexity index is 719. The summed E-state index contributed by atoms with van der Waals surface area (Å²) < 4.78 is 40.6. The second-order valence-corrected chi connectivity index (χ2v) is 9.38. The molecule has 5 heteroatoms. The monoisotopic (exact) mass is 433 g/mol. The highest BCUT2D eigenvalue weighted by Crippen LogP contribution is 2.42. The fourth-order valence-corrected chi connectivity index (χ4v) is 5.56. The Kier molecular flexibility index (Phi) is 8.87. The van der Waals surface area contributed by atoms with E-state index in [-0.39, 0.29) is 5.75 Å². The van der Waals surface area contributed by atoms with E-state index in [1.807, 2.05) is 0 Å². The van der Waals surface area contributed by atoms with Gasteiger partial charge in [0.25, 0.3) is 0 Å². The number of hydrogen-bond acceptors (Lipinski definition) is 2. The Morgan fingerprint density at radius 3 is 2.10 bits per heavy atom. The van der Waals surface area contributed by atoms with Crippen LogP contribution in [0.2, 0.25) is 0 Å². The zero-order valence-electron chi connectivity index (χ0n) is 18.2. The molecule has 2 aliphatic rings. The van der Waals surface area contributed by atoms with Crippen LogP contribution in [-0.2, 0) is 6.42 Å². The first-order valence-corrected chi connectivity index (χ1v) is 11.8. The van der Waals surface area contributed by atoms with E-state index in [1.165, 1.54) is 76.3 Å². The van der Waals surface area contributed by atoms with Crippen LogP contribution in [0.3, 0.4) is 0 Å². The summed E-state index contributed by atoms with van der Waals surface area (Å²) in [5.41, 5.74) is 1.07. The average Bonchev–Trinajstić information content (AvgIpc) is 2.76. The van der Waals surface area contributed by atoms with Crippen molar-refractivity contribution in [3.8, 4) is 11.8 Å². The molecule has 0 amide bonds. The van der Waals surface area contributed by atoms with Gasteiger partial charge in [-0.3, -0.25) is 0 Å². The maximum atomic E-state index is 12.2. The van der Waals surface area contributed by atoms with Crippen LogP contribution in [0.25, 0.3) is 0 Å². The van der Waals surface area contributed by atoms with Gasteiger partial charge < -0.3 is 4.74 Å². The number of nitriles is 1. The van der Waals surface area contributed by atoms with Crippen LogP contribution in [0, 0.1) is 35.0 Å². The number of nitrogens with zero attached hydrogens (tertiary/aromatic N) is 1. The maximum absolute atomic E-state index is 12.2. The molecule has 31 heavy (non-hydrogen) atoms. The molecule has 0 bridgehead atoms.